The summed E-state index contributed by atoms with van der Waals surface area (Å²) >= 11 is 6.15. The Morgan fingerprint density at radius 2 is 1.48 bits per heavy atom. The quantitative estimate of drug-likeness (QED) is 0.236. The first-order valence-corrected chi connectivity index (χ1v) is 15.0. The van der Waals surface area contributed by atoms with Crippen LogP contribution < -0.4 is 28.6 Å². The molecule has 1 N–H and O–H groups in total. The summed E-state index contributed by atoms with van der Waals surface area (Å²) in [6, 6.07) is 18.2. The van der Waals surface area contributed by atoms with Gasteiger partial charge in [-0.25, -0.2) is 13.2 Å². The van der Waals surface area contributed by atoms with E-state index in [-0.39, 0.29) is 32.9 Å². The van der Waals surface area contributed by atoms with E-state index in [1.165, 1.54) is 62.8 Å². The Hall–Kier alpha value is -4.95. The first-order valence-electron chi connectivity index (χ1n) is 13.2. The van der Waals surface area contributed by atoms with Gasteiger partial charge in [-0.05, 0) is 42.5 Å². The molecular weight excluding hydrogens is 653 g/mol. The Balaban J connectivity index is 1.83. The molecule has 0 aliphatic carbocycles. The van der Waals surface area contributed by atoms with E-state index in [4.69, 9.17) is 30.5 Å². The molecule has 0 spiro atoms. The molecule has 1 atom stereocenters. The lowest BCUT2D eigenvalue weighted by Gasteiger charge is -2.31. The molecule has 4 aromatic carbocycles. The van der Waals surface area contributed by atoms with Crippen molar-refractivity contribution in [3.8, 4) is 23.0 Å². The van der Waals surface area contributed by atoms with E-state index in [0.717, 1.165) is 19.2 Å². The van der Waals surface area contributed by atoms with E-state index in [0.29, 0.717) is 6.07 Å². The van der Waals surface area contributed by atoms with Gasteiger partial charge in [0.25, 0.3) is 15.9 Å². The fraction of sp³-hybridized carbons (Fsp3) is 0.161. The highest BCUT2D eigenvalue weighted by Crippen LogP contribution is 2.52. The van der Waals surface area contributed by atoms with Crippen molar-refractivity contribution >= 4 is 39.3 Å². The van der Waals surface area contributed by atoms with Crippen molar-refractivity contribution in [2.45, 2.75) is 16.6 Å². The molecule has 0 aromatic heterocycles. The third-order valence-corrected chi connectivity index (χ3v) is 9.21. The SMILES string of the molecule is COc1ccc(S(=O)(=O)N2C(=O)C(NC(=O)Oc3ccccc3)(c3ccccc3OC)c3cc(Cl)c(C(F)(F)F)cc32)c(OC)c1. The molecule has 1 aliphatic heterocycles. The number of sulfonamides is 1. The van der Waals surface area contributed by atoms with E-state index in [1.807, 2.05) is 0 Å². The number of methoxy groups -OCH3 is 3. The summed E-state index contributed by atoms with van der Waals surface area (Å²) in [6.45, 7) is 0. The maximum Gasteiger partial charge on any atom is 0.417 e. The van der Waals surface area contributed by atoms with E-state index in [2.05, 4.69) is 5.32 Å². The van der Waals surface area contributed by atoms with Gasteiger partial charge < -0.3 is 18.9 Å². The Morgan fingerprint density at radius 3 is 2.11 bits per heavy atom. The third-order valence-electron chi connectivity index (χ3n) is 7.16. The van der Waals surface area contributed by atoms with Crippen LogP contribution in [0, 0.1) is 0 Å². The van der Waals surface area contributed by atoms with Crippen LogP contribution in [0.2, 0.25) is 5.02 Å². The standard InChI is InChI=1S/C31H24ClF3N2O8S/c1-42-19-13-14-27(26(15-19)44-3)46(40,41)37-24-17-21(31(33,34)35)23(32)16-22(24)30(28(37)38,20-11-7-8-12-25(20)43-2)36-29(39)45-18-9-5-4-6-10-18/h4-17H,1-3H3,(H,36,39). The van der Waals surface area contributed by atoms with Gasteiger partial charge in [0.15, 0.2) is 5.54 Å². The minimum Gasteiger partial charge on any atom is -0.497 e. The summed E-state index contributed by atoms with van der Waals surface area (Å²) in [5, 5.41) is 1.57. The number of amides is 2. The Morgan fingerprint density at radius 1 is 0.826 bits per heavy atom. The number of hydrogen-bond donors (Lipinski definition) is 1. The van der Waals surface area contributed by atoms with Gasteiger partial charge in [-0.3, -0.25) is 10.1 Å². The van der Waals surface area contributed by atoms with Crippen LogP contribution in [0.3, 0.4) is 0 Å². The molecule has 0 saturated carbocycles. The molecule has 0 fully saturated rings. The minimum absolute atomic E-state index is 0.0147. The summed E-state index contributed by atoms with van der Waals surface area (Å²) in [4.78, 5) is 27.7. The Labute approximate surface area is 266 Å². The average molecular weight is 677 g/mol. The van der Waals surface area contributed by atoms with Gasteiger partial charge in [0.1, 0.15) is 27.9 Å². The Bertz CT molecular complexity index is 1940. The molecule has 0 radical (unpaired) electrons. The molecule has 1 unspecified atom stereocenters. The van der Waals surface area contributed by atoms with Crippen molar-refractivity contribution in [2.24, 2.45) is 0 Å². The van der Waals surface area contributed by atoms with Crippen LogP contribution in [0.1, 0.15) is 16.7 Å². The number of carbonyl (C=O) groups excluding carboxylic acids is 2. The summed E-state index contributed by atoms with van der Waals surface area (Å²) in [7, 11) is -1.33. The molecule has 2 amide bonds. The van der Waals surface area contributed by atoms with E-state index in [1.54, 1.807) is 18.2 Å². The molecule has 1 aliphatic rings. The maximum absolute atomic E-state index is 14.8. The number of benzene rings is 4. The predicted molar refractivity (Wildman–Crippen MR) is 160 cm³/mol. The van der Waals surface area contributed by atoms with Gasteiger partial charge in [0.2, 0.25) is 0 Å². The number of anilines is 1. The summed E-state index contributed by atoms with van der Waals surface area (Å²) in [6.07, 6.45) is -6.30. The van der Waals surface area contributed by atoms with Gasteiger partial charge in [0.05, 0.1) is 37.6 Å². The van der Waals surface area contributed by atoms with Crippen molar-refractivity contribution in [3.63, 3.8) is 0 Å². The number of fused-ring (bicyclic) bond motifs is 1. The van der Waals surface area contributed by atoms with Crippen molar-refractivity contribution in [1.82, 2.24) is 5.32 Å². The highest BCUT2D eigenvalue weighted by Gasteiger charge is 2.59. The number of nitrogens with zero attached hydrogens (tertiary/aromatic N) is 1. The van der Waals surface area contributed by atoms with Gasteiger partial charge in [0, 0.05) is 17.2 Å². The molecular formula is C31H24ClF3N2O8S. The highest BCUT2D eigenvalue weighted by molar-refractivity contribution is 7.93. The highest BCUT2D eigenvalue weighted by atomic mass is 35.5. The van der Waals surface area contributed by atoms with Crippen LogP contribution in [-0.2, 0) is 26.5 Å². The number of hydrogen-bond acceptors (Lipinski definition) is 8. The normalized spacial score (nSPS) is 16.1. The van der Waals surface area contributed by atoms with Crippen molar-refractivity contribution < 1.29 is 50.1 Å². The van der Waals surface area contributed by atoms with E-state index in [9.17, 15) is 31.2 Å². The van der Waals surface area contributed by atoms with Gasteiger partial charge in [-0.15, -0.1) is 0 Å². The monoisotopic (exact) mass is 676 g/mol. The molecule has 15 heteroatoms. The van der Waals surface area contributed by atoms with Crippen LogP contribution in [0.5, 0.6) is 23.0 Å². The van der Waals surface area contributed by atoms with Crippen molar-refractivity contribution in [1.29, 1.82) is 0 Å². The second-order valence-electron chi connectivity index (χ2n) is 9.72. The van der Waals surface area contributed by atoms with Crippen LogP contribution >= 0.6 is 11.6 Å². The zero-order valence-electron chi connectivity index (χ0n) is 24.2. The predicted octanol–water partition coefficient (Wildman–Crippen LogP) is 6.15. The van der Waals surface area contributed by atoms with E-state index >= 15 is 0 Å². The van der Waals surface area contributed by atoms with Crippen molar-refractivity contribution in [3.05, 3.63) is 107 Å². The number of halogens is 4. The second-order valence-corrected chi connectivity index (χ2v) is 11.9. The number of alkyl halides is 3. The van der Waals surface area contributed by atoms with Crippen LogP contribution in [-0.4, -0.2) is 41.7 Å². The van der Waals surface area contributed by atoms with Gasteiger partial charge >= 0.3 is 12.3 Å². The number of nitrogens with one attached hydrogen (secondary N) is 1. The molecule has 0 saturated heterocycles. The van der Waals surface area contributed by atoms with Gasteiger partial charge in [-0.1, -0.05) is 48.0 Å². The maximum atomic E-state index is 14.8. The summed E-state index contributed by atoms with van der Waals surface area (Å²) < 4.78 is 92.7. The third kappa shape index (κ3) is 5.43. The minimum atomic E-state index is -5.08. The molecule has 46 heavy (non-hydrogen) atoms. The lowest BCUT2D eigenvalue weighted by Crippen LogP contribution is -2.55. The van der Waals surface area contributed by atoms with Crippen LogP contribution in [0.25, 0.3) is 0 Å². The zero-order chi connectivity index (χ0) is 33.4. The first-order chi connectivity index (χ1) is 21.8. The van der Waals surface area contributed by atoms with Crippen LogP contribution in [0.4, 0.5) is 23.7 Å². The first kappa shape index (κ1) is 32.4. The Kier molecular flexibility index (Phi) is 8.53. The average Bonchev–Trinajstić information content (AvgIpc) is 3.27. The molecule has 10 nitrogen and oxygen atoms in total. The molecule has 4 aromatic rings. The molecule has 1 heterocycles. The van der Waals surface area contributed by atoms with Gasteiger partial charge in [-0.2, -0.15) is 17.5 Å². The second kappa shape index (κ2) is 12.1. The van der Waals surface area contributed by atoms with Crippen LogP contribution in [0.15, 0.2) is 89.8 Å². The number of para-hydroxylation sites is 2. The molecule has 5 rings (SSSR count). The number of ether oxygens (including phenoxy) is 4. The van der Waals surface area contributed by atoms with E-state index < -0.39 is 60.5 Å². The smallest absolute Gasteiger partial charge is 0.417 e. The summed E-state index contributed by atoms with van der Waals surface area (Å²) in [5.74, 6) is -1.42. The molecule has 0 bridgehead atoms. The summed E-state index contributed by atoms with van der Waals surface area (Å²) in [5.41, 5.74) is -5.21. The molecule has 240 valence electrons. The topological polar surface area (TPSA) is 120 Å². The lowest BCUT2D eigenvalue weighted by atomic mass is 9.83. The lowest BCUT2D eigenvalue weighted by molar-refractivity contribution is -0.137. The number of rotatable bonds is 8. The zero-order valence-corrected chi connectivity index (χ0v) is 25.8. The largest absolute Gasteiger partial charge is 0.497 e. The fourth-order valence-electron chi connectivity index (χ4n) is 5.13. The van der Waals surface area contributed by atoms with Crippen molar-refractivity contribution in [2.75, 3.05) is 25.6 Å². The number of carbonyl (C=O) groups is 2. The fourth-order valence-corrected chi connectivity index (χ4v) is 7.00.